The van der Waals surface area contributed by atoms with Gasteiger partial charge in [0.05, 0.1) is 10.2 Å². The number of phenols is 2. The summed E-state index contributed by atoms with van der Waals surface area (Å²) < 4.78 is 1.03. The molecule has 0 fully saturated rings. The molecule has 34 heavy (non-hydrogen) atoms. The average Bonchev–Trinajstić information content (AvgIpc) is 3.15. The van der Waals surface area contributed by atoms with Gasteiger partial charge in [0.1, 0.15) is 0 Å². The maximum absolute atomic E-state index is 11.4. The summed E-state index contributed by atoms with van der Waals surface area (Å²) in [5.41, 5.74) is 10.6. The molecule has 2 aromatic carbocycles. The summed E-state index contributed by atoms with van der Waals surface area (Å²) in [4.78, 5) is 14.3. The maximum Gasteiger partial charge on any atom is 0.305 e. The lowest BCUT2D eigenvalue weighted by Crippen LogP contribution is -2.33. The number of hydrogen-bond acceptors (Lipinski definition) is 6. The van der Waals surface area contributed by atoms with Gasteiger partial charge in [0.2, 0.25) is 0 Å². The van der Waals surface area contributed by atoms with Crippen molar-refractivity contribution in [2.45, 2.75) is 63.3 Å². The molecule has 4 rings (SSSR count). The van der Waals surface area contributed by atoms with Gasteiger partial charge in [-0.2, -0.15) is 0 Å². The first-order chi connectivity index (χ1) is 15.5. The summed E-state index contributed by atoms with van der Waals surface area (Å²) in [6, 6.07) is 9.83. The largest absolute Gasteiger partial charge is 0.504 e. The molecule has 0 aliphatic heterocycles. The number of unbranched alkanes of at least 4 members (excludes halogenated alkanes) is 3. The van der Waals surface area contributed by atoms with Crippen LogP contribution in [0.1, 0.15) is 61.1 Å². The number of thiazole rings is 1. The molecule has 0 amide bonds. The van der Waals surface area contributed by atoms with E-state index in [9.17, 15) is 15.0 Å². The van der Waals surface area contributed by atoms with Crippen molar-refractivity contribution in [2.24, 2.45) is 5.73 Å². The molecule has 0 saturated carbocycles. The molecule has 2 atom stereocenters. The zero-order valence-corrected chi connectivity index (χ0v) is 23.5. The summed E-state index contributed by atoms with van der Waals surface area (Å²) in [6.07, 6.45) is 8.22. The molecule has 1 heterocycles. The molecule has 0 spiro atoms. The highest BCUT2D eigenvalue weighted by atomic mass is 79.9. The Bertz CT molecular complexity index is 1120. The monoisotopic (exact) mass is 615 g/mol. The van der Waals surface area contributed by atoms with Crippen LogP contribution >= 0.6 is 45.3 Å². The molecule has 6 nitrogen and oxygen atoms in total. The summed E-state index contributed by atoms with van der Waals surface area (Å²) in [5, 5.41) is 23.5. The van der Waals surface area contributed by atoms with E-state index in [1.165, 1.54) is 29.7 Å². The van der Waals surface area contributed by atoms with Crippen molar-refractivity contribution < 1.29 is 10.2 Å². The Morgan fingerprint density at radius 2 is 1.85 bits per heavy atom. The van der Waals surface area contributed by atoms with Crippen molar-refractivity contribution >= 4 is 55.5 Å². The Kier molecular flexibility index (Phi) is 11.6. The number of halogens is 2. The summed E-state index contributed by atoms with van der Waals surface area (Å²) >= 11 is 1.27. The van der Waals surface area contributed by atoms with Gasteiger partial charge in [-0.15, -0.1) is 34.0 Å². The zero-order valence-electron chi connectivity index (χ0n) is 19.2. The Hall–Kier alpha value is -1.39. The number of H-pyrrole nitrogens is 1. The fourth-order valence-electron chi connectivity index (χ4n) is 4.83. The van der Waals surface area contributed by atoms with E-state index in [1.807, 2.05) is 12.1 Å². The third kappa shape index (κ3) is 7.07. The highest BCUT2D eigenvalue weighted by Gasteiger charge is 2.29. The van der Waals surface area contributed by atoms with Crippen LogP contribution in [0.25, 0.3) is 10.2 Å². The topological polar surface area (TPSA) is 111 Å². The third-order valence-corrected chi connectivity index (χ3v) is 7.48. The minimum Gasteiger partial charge on any atom is -0.504 e. The van der Waals surface area contributed by atoms with Gasteiger partial charge in [0, 0.05) is 11.6 Å². The molecule has 188 valence electrons. The predicted octanol–water partition coefficient (Wildman–Crippen LogP) is 5.30. The Morgan fingerprint density at radius 1 is 1.06 bits per heavy atom. The van der Waals surface area contributed by atoms with Crippen molar-refractivity contribution in [3.05, 3.63) is 56.7 Å². The first kappa shape index (κ1) is 28.8. The summed E-state index contributed by atoms with van der Waals surface area (Å²) in [6.45, 7) is 1.95. The zero-order chi connectivity index (χ0) is 22.5. The Morgan fingerprint density at radius 3 is 2.68 bits per heavy atom. The standard InChI is InChI=1S/C25H33N3O3S.2BrH/c26-20-9-7-19-17(8-11-22(29)24(19)30)18(20)5-3-1-2-4-13-27-14-12-16-6-10-21-23(15-16)32-25(31)28-21;;/h6,8,10-11,15,18,20,27,29-30H,1-5,7,9,12-14,26H2,(H,28,31);2*1H. The summed E-state index contributed by atoms with van der Waals surface area (Å²) in [7, 11) is 0. The van der Waals surface area contributed by atoms with Gasteiger partial charge >= 0.3 is 4.87 Å². The molecule has 0 saturated heterocycles. The second-order valence-corrected chi connectivity index (χ2v) is 9.87. The lowest BCUT2D eigenvalue weighted by atomic mass is 9.76. The van der Waals surface area contributed by atoms with E-state index >= 15 is 0 Å². The molecule has 1 aliphatic carbocycles. The van der Waals surface area contributed by atoms with Crippen LogP contribution < -0.4 is 15.9 Å². The Labute approximate surface area is 225 Å². The van der Waals surface area contributed by atoms with Crippen molar-refractivity contribution in [1.82, 2.24) is 10.3 Å². The number of fused-ring (bicyclic) bond motifs is 2. The van der Waals surface area contributed by atoms with Crippen LogP contribution in [0.2, 0.25) is 0 Å². The first-order valence-electron chi connectivity index (χ1n) is 11.6. The van der Waals surface area contributed by atoms with E-state index in [0.29, 0.717) is 0 Å². The van der Waals surface area contributed by atoms with E-state index in [2.05, 4.69) is 22.4 Å². The van der Waals surface area contributed by atoms with Gasteiger partial charge in [0.25, 0.3) is 0 Å². The van der Waals surface area contributed by atoms with Crippen LogP contribution in [0.3, 0.4) is 0 Å². The lowest BCUT2D eigenvalue weighted by Gasteiger charge is -2.32. The summed E-state index contributed by atoms with van der Waals surface area (Å²) in [5.74, 6) is 0.265. The van der Waals surface area contributed by atoms with Crippen LogP contribution in [0.15, 0.2) is 35.1 Å². The SMILES string of the molecule is Br.Br.NC1CCc2c(ccc(O)c2O)C1CCCCCCNCCc1ccc2[nH]c(=O)sc2c1. The van der Waals surface area contributed by atoms with Gasteiger partial charge < -0.3 is 26.2 Å². The fourth-order valence-corrected chi connectivity index (χ4v) is 5.63. The second kappa shape index (κ2) is 13.6. The molecule has 2 unspecified atom stereocenters. The van der Waals surface area contributed by atoms with Crippen molar-refractivity contribution in [2.75, 3.05) is 13.1 Å². The predicted molar refractivity (Wildman–Crippen MR) is 152 cm³/mol. The smallest absolute Gasteiger partial charge is 0.305 e. The molecule has 0 radical (unpaired) electrons. The number of nitrogens with one attached hydrogen (secondary N) is 2. The minimum atomic E-state index is -0.0346. The maximum atomic E-state index is 11.4. The van der Waals surface area contributed by atoms with Crippen molar-refractivity contribution in [3.8, 4) is 11.5 Å². The van der Waals surface area contributed by atoms with Crippen LogP contribution in [0.4, 0.5) is 0 Å². The number of aromatic amines is 1. The molecular formula is C25H35Br2N3O3S. The number of hydrogen-bond donors (Lipinski definition) is 5. The molecule has 1 aromatic heterocycles. The molecule has 3 aromatic rings. The number of aromatic nitrogens is 1. The Balaban J connectivity index is 0.00000204. The number of phenolic OH excluding ortho intramolecular Hbond substituents is 2. The number of nitrogens with two attached hydrogens (primary N) is 1. The molecule has 0 bridgehead atoms. The lowest BCUT2D eigenvalue weighted by molar-refractivity contribution is 0.380. The quantitative estimate of drug-likeness (QED) is 0.157. The molecular weight excluding hydrogens is 582 g/mol. The molecule has 6 N–H and O–H groups in total. The van der Waals surface area contributed by atoms with E-state index < -0.39 is 0 Å². The van der Waals surface area contributed by atoms with Crippen LogP contribution in [-0.2, 0) is 12.8 Å². The van der Waals surface area contributed by atoms with Crippen LogP contribution in [-0.4, -0.2) is 34.3 Å². The highest BCUT2D eigenvalue weighted by Crippen LogP contribution is 2.42. The molecule has 9 heteroatoms. The van der Waals surface area contributed by atoms with Gasteiger partial charge in [-0.05, 0) is 80.4 Å². The van der Waals surface area contributed by atoms with E-state index in [-0.39, 0.29) is 62.3 Å². The van der Waals surface area contributed by atoms with E-state index in [4.69, 9.17) is 5.73 Å². The number of aromatic hydroxyl groups is 2. The number of rotatable bonds is 10. The average molecular weight is 617 g/mol. The minimum absolute atomic E-state index is 0. The van der Waals surface area contributed by atoms with Gasteiger partial charge in [-0.1, -0.05) is 42.7 Å². The van der Waals surface area contributed by atoms with E-state index in [1.54, 1.807) is 6.07 Å². The normalized spacial score (nSPS) is 17.1. The van der Waals surface area contributed by atoms with Crippen molar-refractivity contribution in [3.63, 3.8) is 0 Å². The number of benzene rings is 2. The van der Waals surface area contributed by atoms with Gasteiger partial charge in [-0.3, -0.25) is 4.79 Å². The highest BCUT2D eigenvalue weighted by molar-refractivity contribution is 8.93. The van der Waals surface area contributed by atoms with Gasteiger partial charge in [0.15, 0.2) is 11.5 Å². The van der Waals surface area contributed by atoms with Crippen molar-refractivity contribution in [1.29, 1.82) is 0 Å². The second-order valence-electron chi connectivity index (χ2n) is 8.86. The van der Waals surface area contributed by atoms with Crippen LogP contribution in [0, 0.1) is 0 Å². The van der Waals surface area contributed by atoms with E-state index in [0.717, 1.165) is 73.0 Å². The van der Waals surface area contributed by atoms with Gasteiger partial charge in [-0.25, -0.2) is 0 Å². The van der Waals surface area contributed by atoms with Crippen LogP contribution in [0.5, 0.6) is 11.5 Å². The first-order valence-corrected chi connectivity index (χ1v) is 12.5. The fraction of sp³-hybridized carbons (Fsp3) is 0.480. The molecule has 1 aliphatic rings. The third-order valence-electron chi connectivity index (χ3n) is 6.64.